The number of thioether (sulfide) groups is 1. The Morgan fingerprint density at radius 1 is 1.26 bits per heavy atom. The first-order valence-electron chi connectivity index (χ1n) is 8.93. The van der Waals surface area contributed by atoms with Crippen molar-refractivity contribution in [2.45, 2.75) is 38.6 Å². The van der Waals surface area contributed by atoms with E-state index in [0.29, 0.717) is 19.6 Å². The zero-order valence-corrected chi connectivity index (χ0v) is 20.9. The second kappa shape index (κ2) is 13.6. The van der Waals surface area contributed by atoms with Crippen LogP contribution in [0.1, 0.15) is 31.4 Å². The van der Waals surface area contributed by atoms with Gasteiger partial charge in [-0.05, 0) is 50.6 Å². The van der Waals surface area contributed by atoms with E-state index in [0.717, 1.165) is 18.9 Å². The maximum atomic E-state index is 11.7. The lowest BCUT2D eigenvalue weighted by Gasteiger charge is -2.17. The Morgan fingerprint density at radius 3 is 2.56 bits per heavy atom. The van der Waals surface area contributed by atoms with E-state index in [9.17, 15) is 8.42 Å². The summed E-state index contributed by atoms with van der Waals surface area (Å²) in [5.41, 5.74) is 2.45. The fourth-order valence-electron chi connectivity index (χ4n) is 2.36. The highest BCUT2D eigenvalue weighted by Crippen LogP contribution is 2.22. The third-order valence-electron chi connectivity index (χ3n) is 3.98. The van der Waals surface area contributed by atoms with Crippen LogP contribution in [-0.4, -0.2) is 57.4 Å². The molecule has 1 rings (SSSR count). The number of halogens is 1. The van der Waals surface area contributed by atoms with E-state index in [2.05, 4.69) is 47.0 Å². The Bertz CT molecular complexity index is 697. The Kier molecular flexibility index (Phi) is 13.4. The van der Waals surface area contributed by atoms with Gasteiger partial charge in [0.25, 0.3) is 0 Å². The van der Waals surface area contributed by atoms with Gasteiger partial charge in [-0.25, -0.2) is 17.7 Å². The Labute approximate surface area is 186 Å². The van der Waals surface area contributed by atoms with Gasteiger partial charge in [0.05, 0.1) is 12.3 Å². The number of nitrogens with one attached hydrogen (secondary N) is 2. The van der Waals surface area contributed by atoms with Crippen LogP contribution in [0.2, 0.25) is 0 Å². The summed E-state index contributed by atoms with van der Waals surface area (Å²) in [5.74, 6) is 0.885. The molecule has 0 amide bonds. The molecule has 0 atom stereocenters. The van der Waals surface area contributed by atoms with Gasteiger partial charge in [-0.2, -0.15) is 0 Å². The van der Waals surface area contributed by atoms with Crippen LogP contribution >= 0.6 is 35.7 Å². The average Bonchev–Trinajstić information content (AvgIpc) is 2.63. The fourth-order valence-corrected chi connectivity index (χ4v) is 3.90. The van der Waals surface area contributed by atoms with Crippen LogP contribution in [0.3, 0.4) is 0 Å². The molecular formula is C18H33IN4O2S2. The monoisotopic (exact) mass is 528 g/mol. The van der Waals surface area contributed by atoms with Crippen LogP contribution < -0.4 is 10.6 Å². The topological polar surface area (TPSA) is 73.8 Å². The highest BCUT2D eigenvalue weighted by molar-refractivity contribution is 14.0. The molecule has 0 radical (unpaired) electrons. The summed E-state index contributed by atoms with van der Waals surface area (Å²) in [6, 6.07) is 6.41. The van der Waals surface area contributed by atoms with Crippen LogP contribution in [0.25, 0.3) is 0 Å². The smallest absolute Gasteiger partial charge is 0.213 e. The van der Waals surface area contributed by atoms with Gasteiger partial charge < -0.3 is 10.6 Å². The van der Waals surface area contributed by atoms with Crippen molar-refractivity contribution in [1.29, 1.82) is 0 Å². The number of aliphatic imine (C=N–C) groups is 1. The van der Waals surface area contributed by atoms with E-state index >= 15 is 0 Å². The lowest BCUT2D eigenvalue weighted by atomic mass is 10.1. The van der Waals surface area contributed by atoms with Gasteiger partial charge in [-0.3, -0.25) is 0 Å². The van der Waals surface area contributed by atoms with Crippen molar-refractivity contribution < 1.29 is 8.42 Å². The summed E-state index contributed by atoms with van der Waals surface area (Å²) >= 11 is 1.73. The molecule has 9 heteroatoms. The van der Waals surface area contributed by atoms with Gasteiger partial charge in [0.1, 0.15) is 0 Å². The molecule has 1 aromatic rings. The molecule has 156 valence electrons. The van der Waals surface area contributed by atoms with Gasteiger partial charge in [-0.1, -0.05) is 12.1 Å². The molecule has 0 unspecified atom stereocenters. The van der Waals surface area contributed by atoms with Crippen LogP contribution in [0.5, 0.6) is 0 Å². The lowest BCUT2D eigenvalue weighted by molar-refractivity contribution is 0.461. The molecule has 0 aliphatic carbocycles. The zero-order chi connectivity index (χ0) is 19.6. The van der Waals surface area contributed by atoms with E-state index < -0.39 is 10.0 Å². The average molecular weight is 529 g/mol. The van der Waals surface area contributed by atoms with E-state index in [1.165, 1.54) is 20.3 Å². The number of hydrogen-bond acceptors (Lipinski definition) is 4. The number of sulfonamides is 1. The van der Waals surface area contributed by atoms with Crippen molar-refractivity contribution >= 4 is 51.7 Å². The highest BCUT2D eigenvalue weighted by Gasteiger charge is 2.13. The minimum atomic E-state index is -3.11. The van der Waals surface area contributed by atoms with Crippen LogP contribution in [0.15, 0.2) is 28.1 Å². The van der Waals surface area contributed by atoms with E-state index in [4.69, 9.17) is 0 Å². The van der Waals surface area contributed by atoms with Crippen LogP contribution in [0.4, 0.5) is 0 Å². The lowest BCUT2D eigenvalue weighted by Crippen LogP contribution is -2.39. The summed E-state index contributed by atoms with van der Waals surface area (Å²) in [5, 5.41) is 6.51. The molecule has 0 aliphatic heterocycles. The second-order valence-electron chi connectivity index (χ2n) is 6.01. The molecule has 0 aliphatic rings. The molecular weight excluding hydrogens is 495 g/mol. The van der Waals surface area contributed by atoms with Crippen LogP contribution in [0, 0.1) is 6.92 Å². The SMILES string of the molecule is CCNC(=NCc1ccc(C)cc1SC)NCCCN(C)S(=O)(=O)CC.I. The van der Waals surface area contributed by atoms with E-state index in [-0.39, 0.29) is 29.7 Å². The first-order chi connectivity index (χ1) is 12.3. The maximum Gasteiger partial charge on any atom is 0.213 e. The van der Waals surface area contributed by atoms with Gasteiger partial charge in [0, 0.05) is 31.6 Å². The number of aryl methyl sites for hydroxylation is 1. The standard InChI is InChI=1S/C18H32N4O2S2.HI/c1-6-19-18(20-11-8-12-22(4)26(23,24)7-2)21-14-16-10-9-15(3)13-17(16)25-5;/h9-10,13H,6-8,11-12,14H2,1-5H3,(H2,19,20,21);1H. The number of hydrogen-bond donors (Lipinski definition) is 2. The number of guanidine groups is 1. The van der Waals surface area contributed by atoms with Gasteiger partial charge in [-0.15, -0.1) is 35.7 Å². The van der Waals surface area contributed by atoms with Crippen molar-refractivity contribution in [3.8, 4) is 0 Å². The van der Waals surface area contributed by atoms with Gasteiger partial charge in [0.2, 0.25) is 10.0 Å². The molecule has 0 heterocycles. The molecule has 0 spiro atoms. The third kappa shape index (κ3) is 9.49. The first-order valence-corrected chi connectivity index (χ1v) is 11.8. The number of nitrogens with zero attached hydrogens (tertiary/aromatic N) is 2. The molecule has 0 fully saturated rings. The Balaban J connectivity index is 0.00000676. The quantitative estimate of drug-likeness (QED) is 0.161. The van der Waals surface area contributed by atoms with E-state index in [1.807, 2.05) is 6.92 Å². The number of benzene rings is 1. The maximum absolute atomic E-state index is 11.7. The third-order valence-corrected chi connectivity index (χ3v) is 6.66. The summed E-state index contributed by atoms with van der Waals surface area (Å²) < 4.78 is 24.9. The van der Waals surface area contributed by atoms with E-state index in [1.54, 1.807) is 25.7 Å². The predicted octanol–water partition coefficient (Wildman–Crippen LogP) is 3.06. The molecule has 0 saturated carbocycles. The molecule has 0 bridgehead atoms. The summed E-state index contributed by atoms with van der Waals surface area (Å²) in [6.45, 7) is 8.32. The molecule has 6 nitrogen and oxygen atoms in total. The minimum absolute atomic E-state index is 0. The number of rotatable bonds is 10. The molecule has 0 aromatic heterocycles. The molecule has 1 aromatic carbocycles. The molecule has 2 N–H and O–H groups in total. The second-order valence-corrected chi connectivity index (χ2v) is 9.23. The van der Waals surface area contributed by atoms with Crippen molar-refractivity contribution in [3.63, 3.8) is 0 Å². The summed E-state index contributed by atoms with van der Waals surface area (Å²) in [6.07, 6.45) is 2.80. The van der Waals surface area contributed by atoms with Gasteiger partial charge in [0.15, 0.2) is 5.96 Å². The summed E-state index contributed by atoms with van der Waals surface area (Å²) in [7, 11) is -1.48. The Morgan fingerprint density at radius 2 is 1.96 bits per heavy atom. The van der Waals surface area contributed by atoms with Crippen molar-refractivity contribution in [1.82, 2.24) is 14.9 Å². The fraction of sp³-hybridized carbons (Fsp3) is 0.611. The molecule has 27 heavy (non-hydrogen) atoms. The zero-order valence-electron chi connectivity index (χ0n) is 16.9. The van der Waals surface area contributed by atoms with Gasteiger partial charge >= 0.3 is 0 Å². The normalized spacial score (nSPS) is 12.0. The first kappa shape index (κ1) is 26.5. The predicted molar refractivity (Wildman–Crippen MR) is 128 cm³/mol. The Hall–Kier alpha value is -0.520. The van der Waals surface area contributed by atoms with Crippen molar-refractivity contribution in [3.05, 3.63) is 29.3 Å². The van der Waals surface area contributed by atoms with Crippen molar-refractivity contribution in [2.75, 3.05) is 38.7 Å². The highest BCUT2D eigenvalue weighted by atomic mass is 127. The summed E-state index contributed by atoms with van der Waals surface area (Å²) in [4.78, 5) is 5.90. The molecule has 0 saturated heterocycles. The van der Waals surface area contributed by atoms with Crippen LogP contribution in [-0.2, 0) is 16.6 Å². The minimum Gasteiger partial charge on any atom is -0.357 e. The van der Waals surface area contributed by atoms with Crippen molar-refractivity contribution in [2.24, 2.45) is 4.99 Å². The largest absolute Gasteiger partial charge is 0.357 e.